The highest BCUT2D eigenvalue weighted by atomic mass is 32.1. The van der Waals surface area contributed by atoms with Gasteiger partial charge in [-0.25, -0.2) is 0 Å². The van der Waals surface area contributed by atoms with E-state index in [-0.39, 0.29) is 12.6 Å². The molecule has 1 aliphatic rings. The molecule has 2 nitrogen and oxygen atoms in total. The summed E-state index contributed by atoms with van der Waals surface area (Å²) < 4.78 is 0. The van der Waals surface area contributed by atoms with Crippen LogP contribution in [0.2, 0.25) is 0 Å². The van der Waals surface area contributed by atoms with E-state index in [4.69, 9.17) is 5.11 Å². The van der Waals surface area contributed by atoms with E-state index in [1.165, 1.54) is 25.7 Å². The molecule has 0 bridgehead atoms. The number of aliphatic hydroxyl groups excluding tert-OH is 1. The second-order valence-corrected chi connectivity index (χ2v) is 5.13. The summed E-state index contributed by atoms with van der Waals surface area (Å²) >= 11 is 4.48. The minimum Gasteiger partial charge on any atom is -0.395 e. The summed E-state index contributed by atoms with van der Waals surface area (Å²) in [6, 6.07) is 0.271. The van der Waals surface area contributed by atoms with Crippen LogP contribution in [0.15, 0.2) is 0 Å². The number of thiol groups is 1. The largest absolute Gasteiger partial charge is 0.395 e. The van der Waals surface area contributed by atoms with Crippen molar-refractivity contribution in [3.05, 3.63) is 0 Å². The number of nitrogens with zero attached hydrogens (tertiary/aromatic N) is 1. The molecule has 0 radical (unpaired) electrons. The Morgan fingerprint density at radius 1 is 1.43 bits per heavy atom. The van der Waals surface area contributed by atoms with Crippen molar-refractivity contribution < 1.29 is 5.11 Å². The summed E-state index contributed by atoms with van der Waals surface area (Å²) in [6.45, 7) is 3.40. The Hall–Kier alpha value is 0.270. The van der Waals surface area contributed by atoms with Crippen LogP contribution in [0.1, 0.15) is 32.6 Å². The molecule has 0 spiro atoms. The van der Waals surface area contributed by atoms with Crippen LogP contribution >= 0.6 is 12.6 Å². The predicted octanol–water partition coefficient (Wildman–Crippen LogP) is 1.79. The molecule has 1 aliphatic carbocycles. The van der Waals surface area contributed by atoms with Crippen molar-refractivity contribution in [1.82, 2.24) is 4.90 Å². The third-order valence-electron chi connectivity index (χ3n) is 3.60. The molecule has 1 fully saturated rings. The summed E-state index contributed by atoms with van der Waals surface area (Å²) in [5.41, 5.74) is 0.418. The van der Waals surface area contributed by atoms with E-state index >= 15 is 0 Å². The van der Waals surface area contributed by atoms with Gasteiger partial charge in [-0.05, 0) is 38.0 Å². The Morgan fingerprint density at radius 2 is 2.00 bits per heavy atom. The van der Waals surface area contributed by atoms with Gasteiger partial charge in [0.25, 0.3) is 0 Å². The zero-order valence-electron chi connectivity index (χ0n) is 9.37. The molecular weight excluding hydrogens is 194 g/mol. The lowest BCUT2D eigenvalue weighted by Gasteiger charge is -2.34. The van der Waals surface area contributed by atoms with Gasteiger partial charge in [0.05, 0.1) is 6.61 Å². The molecule has 14 heavy (non-hydrogen) atoms. The maximum absolute atomic E-state index is 9.08. The molecule has 84 valence electrons. The van der Waals surface area contributed by atoms with Crippen molar-refractivity contribution in [2.75, 3.05) is 26.0 Å². The Morgan fingerprint density at radius 3 is 2.43 bits per heavy atom. The summed E-state index contributed by atoms with van der Waals surface area (Å²) in [5, 5.41) is 9.08. The highest BCUT2D eigenvalue weighted by Crippen LogP contribution is 2.39. The first kappa shape index (κ1) is 12.3. The summed E-state index contributed by atoms with van der Waals surface area (Å²) in [5.74, 6) is 0.982. The number of aliphatic hydroxyl groups is 1. The van der Waals surface area contributed by atoms with Crippen LogP contribution in [0.25, 0.3) is 0 Å². The molecule has 0 heterocycles. The monoisotopic (exact) mass is 217 g/mol. The first-order valence-electron chi connectivity index (χ1n) is 5.55. The van der Waals surface area contributed by atoms with Crippen LogP contribution in [0.4, 0.5) is 0 Å². The molecular formula is C11H23NOS. The maximum atomic E-state index is 9.08. The van der Waals surface area contributed by atoms with E-state index in [0.717, 1.165) is 12.3 Å². The second-order valence-electron chi connectivity index (χ2n) is 4.81. The Kier molecular flexibility index (Phi) is 4.74. The first-order valence-corrected chi connectivity index (χ1v) is 6.19. The van der Waals surface area contributed by atoms with Gasteiger partial charge in [0.15, 0.2) is 0 Å². The molecule has 1 unspecified atom stereocenters. The zero-order chi connectivity index (χ0) is 10.6. The number of hydrogen-bond donors (Lipinski definition) is 2. The van der Waals surface area contributed by atoms with Gasteiger partial charge >= 0.3 is 0 Å². The number of likely N-dealkylation sites (N-methyl/N-ethyl adjacent to an activating group) is 1. The average Bonchev–Trinajstić information content (AvgIpc) is 2.65. The van der Waals surface area contributed by atoms with Gasteiger partial charge in [-0.15, -0.1) is 0 Å². The van der Waals surface area contributed by atoms with Gasteiger partial charge < -0.3 is 10.0 Å². The zero-order valence-corrected chi connectivity index (χ0v) is 10.3. The molecule has 1 rings (SSSR count). The molecule has 3 heteroatoms. The SMILES string of the molecule is CC(CO)N(C)CC1(CS)CCCC1. The summed E-state index contributed by atoms with van der Waals surface area (Å²) in [7, 11) is 2.10. The van der Waals surface area contributed by atoms with Crippen LogP contribution in [0.5, 0.6) is 0 Å². The quantitative estimate of drug-likeness (QED) is 0.686. The lowest BCUT2D eigenvalue weighted by atomic mass is 9.87. The molecule has 0 aromatic heterocycles. The van der Waals surface area contributed by atoms with Gasteiger partial charge in [0, 0.05) is 12.6 Å². The predicted molar refractivity (Wildman–Crippen MR) is 63.9 cm³/mol. The fourth-order valence-electron chi connectivity index (χ4n) is 2.32. The molecule has 0 amide bonds. The van der Waals surface area contributed by atoms with Gasteiger partial charge in [-0.3, -0.25) is 0 Å². The van der Waals surface area contributed by atoms with Crippen LogP contribution < -0.4 is 0 Å². The Bertz CT molecular complexity index is 169. The van der Waals surface area contributed by atoms with Crippen molar-refractivity contribution in [3.8, 4) is 0 Å². The van der Waals surface area contributed by atoms with Crippen LogP contribution in [-0.4, -0.2) is 42.0 Å². The van der Waals surface area contributed by atoms with Gasteiger partial charge in [0.2, 0.25) is 0 Å². The standard InChI is InChI=1S/C11H23NOS/c1-10(7-13)12(2)8-11(9-14)5-3-4-6-11/h10,13-14H,3-9H2,1-2H3. The van der Waals surface area contributed by atoms with E-state index in [9.17, 15) is 0 Å². The number of hydrogen-bond acceptors (Lipinski definition) is 3. The fourth-order valence-corrected chi connectivity index (χ4v) is 2.73. The van der Waals surface area contributed by atoms with Gasteiger partial charge in [-0.1, -0.05) is 12.8 Å². The molecule has 1 N–H and O–H groups in total. The van der Waals surface area contributed by atoms with E-state index in [2.05, 4.69) is 31.5 Å². The van der Waals surface area contributed by atoms with Crippen molar-refractivity contribution in [1.29, 1.82) is 0 Å². The maximum Gasteiger partial charge on any atom is 0.0584 e. The van der Waals surface area contributed by atoms with E-state index < -0.39 is 0 Å². The van der Waals surface area contributed by atoms with Gasteiger partial charge in [-0.2, -0.15) is 12.6 Å². The normalized spacial score (nSPS) is 22.9. The third-order valence-corrected chi connectivity index (χ3v) is 4.27. The Labute approximate surface area is 93.1 Å². The van der Waals surface area contributed by atoms with Crippen LogP contribution in [0.3, 0.4) is 0 Å². The van der Waals surface area contributed by atoms with Crippen molar-refractivity contribution >= 4 is 12.6 Å². The smallest absolute Gasteiger partial charge is 0.0584 e. The molecule has 0 aliphatic heterocycles. The van der Waals surface area contributed by atoms with Crippen molar-refractivity contribution in [2.45, 2.75) is 38.6 Å². The summed E-state index contributed by atoms with van der Waals surface area (Å²) in [6.07, 6.45) is 5.31. The van der Waals surface area contributed by atoms with E-state index in [1.807, 2.05) is 0 Å². The average molecular weight is 217 g/mol. The molecule has 0 saturated heterocycles. The van der Waals surface area contributed by atoms with Gasteiger partial charge in [0.1, 0.15) is 0 Å². The summed E-state index contributed by atoms with van der Waals surface area (Å²) in [4.78, 5) is 2.27. The van der Waals surface area contributed by atoms with E-state index in [1.54, 1.807) is 0 Å². The first-order chi connectivity index (χ1) is 6.63. The van der Waals surface area contributed by atoms with Crippen LogP contribution in [0, 0.1) is 5.41 Å². The lowest BCUT2D eigenvalue weighted by molar-refractivity contribution is 0.115. The van der Waals surface area contributed by atoms with Crippen molar-refractivity contribution in [3.63, 3.8) is 0 Å². The van der Waals surface area contributed by atoms with Crippen molar-refractivity contribution in [2.24, 2.45) is 5.41 Å². The molecule has 1 atom stereocenters. The second kappa shape index (κ2) is 5.38. The third kappa shape index (κ3) is 2.88. The Balaban J connectivity index is 2.47. The highest BCUT2D eigenvalue weighted by Gasteiger charge is 2.34. The molecule has 0 aromatic carbocycles. The minimum atomic E-state index is 0.249. The lowest BCUT2D eigenvalue weighted by Crippen LogP contribution is -2.41. The fraction of sp³-hybridized carbons (Fsp3) is 1.00. The van der Waals surface area contributed by atoms with Crippen LogP contribution in [-0.2, 0) is 0 Å². The topological polar surface area (TPSA) is 23.5 Å². The number of rotatable bonds is 5. The molecule has 0 aromatic rings. The highest BCUT2D eigenvalue weighted by molar-refractivity contribution is 7.80. The van der Waals surface area contributed by atoms with E-state index in [0.29, 0.717) is 5.41 Å². The minimum absolute atomic E-state index is 0.249. The molecule has 1 saturated carbocycles.